The van der Waals surface area contributed by atoms with E-state index in [9.17, 15) is 4.79 Å². The van der Waals surface area contributed by atoms with Gasteiger partial charge in [0.15, 0.2) is 10.9 Å². The van der Waals surface area contributed by atoms with Crippen LogP contribution in [0.25, 0.3) is 21.8 Å². The number of thioether (sulfide) groups is 1. The van der Waals surface area contributed by atoms with Crippen molar-refractivity contribution in [3.63, 3.8) is 0 Å². The topological polar surface area (TPSA) is 89.6 Å². The Labute approximate surface area is 169 Å². The van der Waals surface area contributed by atoms with Gasteiger partial charge < -0.3 is 9.40 Å². The summed E-state index contributed by atoms with van der Waals surface area (Å²) in [4.78, 5) is 19.7. The molecular weight excluding hydrogens is 394 g/mol. The minimum atomic E-state index is -0.0828. The van der Waals surface area contributed by atoms with Crippen molar-refractivity contribution in [2.75, 3.05) is 0 Å². The minimum absolute atomic E-state index is 0.0828. The van der Waals surface area contributed by atoms with Crippen molar-refractivity contribution in [1.29, 1.82) is 0 Å². The molecule has 4 aromatic rings. The summed E-state index contributed by atoms with van der Waals surface area (Å²) in [5, 5.41) is 11.6. The number of nitrogens with zero attached hydrogens (tertiary/aromatic N) is 4. The molecule has 0 saturated heterocycles. The molecule has 0 atom stereocenters. The number of H-pyrrole nitrogens is 1. The highest BCUT2D eigenvalue weighted by molar-refractivity contribution is 7.98. The fraction of sp³-hybridized carbons (Fsp3) is 0.368. The Morgan fingerprint density at radius 3 is 2.96 bits per heavy atom. The first kappa shape index (κ1) is 17.7. The molecule has 4 heterocycles. The van der Waals surface area contributed by atoms with Crippen LogP contribution in [-0.4, -0.2) is 24.7 Å². The lowest BCUT2D eigenvalue weighted by Gasteiger charge is -2.25. The third-order valence-corrected chi connectivity index (χ3v) is 6.90. The SMILES string of the molecule is O=c1[nH]c(CSc2nnc(-c3ccco3)n2C2CCCCC2)nc2ccsc12. The highest BCUT2D eigenvalue weighted by Gasteiger charge is 2.25. The molecule has 1 saturated carbocycles. The number of hydrogen-bond donors (Lipinski definition) is 1. The molecule has 28 heavy (non-hydrogen) atoms. The molecule has 9 heteroatoms. The van der Waals surface area contributed by atoms with Crippen molar-refractivity contribution >= 4 is 33.3 Å². The monoisotopic (exact) mass is 413 g/mol. The van der Waals surface area contributed by atoms with Crippen LogP contribution < -0.4 is 5.56 Å². The number of thiophene rings is 1. The molecule has 5 rings (SSSR count). The average molecular weight is 414 g/mol. The fourth-order valence-electron chi connectivity index (χ4n) is 3.74. The van der Waals surface area contributed by atoms with Gasteiger partial charge >= 0.3 is 0 Å². The Bertz CT molecular complexity index is 1140. The van der Waals surface area contributed by atoms with Crippen LogP contribution in [0.2, 0.25) is 0 Å². The summed E-state index contributed by atoms with van der Waals surface area (Å²) >= 11 is 2.96. The van der Waals surface area contributed by atoms with Gasteiger partial charge in [0, 0.05) is 6.04 Å². The molecule has 144 valence electrons. The molecule has 0 amide bonds. The van der Waals surface area contributed by atoms with Gasteiger partial charge in [-0.3, -0.25) is 9.36 Å². The summed E-state index contributed by atoms with van der Waals surface area (Å²) in [6, 6.07) is 6.04. The molecule has 1 aliphatic rings. The van der Waals surface area contributed by atoms with Gasteiger partial charge in [-0.25, -0.2) is 4.98 Å². The molecule has 0 radical (unpaired) electrons. The Morgan fingerprint density at radius 1 is 1.25 bits per heavy atom. The second-order valence-corrected chi connectivity index (χ2v) is 8.74. The van der Waals surface area contributed by atoms with Crippen molar-refractivity contribution in [3.05, 3.63) is 46.0 Å². The second-order valence-electron chi connectivity index (χ2n) is 6.88. The summed E-state index contributed by atoms with van der Waals surface area (Å²) < 4.78 is 8.47. The van der Waals surface area contributed by atoms with Gasteiger partial charge in [-0.1, -0.05) is 31.0 Å². The Kier molecular flexibility index (Phi) is 4.77. The summed E-state index contributed by atoms with van der Waals surface area (Å²) in [6.45, 7) is 0. The maximum absolute atomic E-state index is 12.2. The van der Waals surface area contributed by atoms with Crippen molar-refractivity contribution in [2.24, 2.45) is 0 Å². The zero-order valence-electron chi connectivity index (χ0n) is 15.1. The van der Waals surface area contributed by atoms with Gasteiger partial charge in [-0.2, -0.15) is 0 Å². The van der Waals surface area contributed by atoms with E-state index in [0.717, 1.165) is 35.1 Å². The smallest absolute Gasteiger partial charge is 0.268 e. The predicted octanol–water partition coefficient (Wildman–Crippen LogP) is 4.63. The maximum atomic E-state index is 12.2. The average Bonchev–Trinajstić information content (AvgIpc) is 3.46. The lowest BCUT2D eigenvalue weighted by Crippen LogP contribution is -2.15. The number of aromatic amines is 1. The van der Waals surface area contributed by atoms with Crippen LogP contribution in [0.15, 0.2) is 44.2 Å². The molecule has 1 fully saturated rings. The number of furan rings is 1. The first-order valence-corrected chi connectivity index (χ1v) is 11.2. The fourth-order valence-corrected chi connectivity index (χ4v) is 5.34. The van der Waals surface area contributed by atoms with Gasteiger partial charge in [0.25, 0.3) is 5.56 Å². The highest BCUT2D eigenvalue weighted by atomic mass is 32.2. The molecule has 4 aromatic heterocycles. The van der Waals surface area contributed by atoms with Crippen LogP contribution in [0.5, 0.6) is 0 Å². The van der Waals surface area contributed by atoms with Gasteiger partial charge in [0.2, 0.25) is 5.82 Å². The van der Waals surface area contributed by atoms with E-state index in [1.807, 2.05) is 23.6 Å². The zero-order valence-corrected chi connectivity index (χ0v) is 16.8. The lowest BCUT2D eigenvalue weighted by atomic mass is 9.95. The van der Waals surface area contributed by atoms with Crippen LogP contribution in [0.4, 0.5) is 0 Å². The summed E-state index contributed by atoms with van der Waals surface area (Å²) in [6.07, 6.45) is 7.61. The molecule has 7 nitrogen and oxygen atoms in total. The number of aromatic nitrogens is 5. The molecule has 0 spiro atoms. The summed E-state index contributed by atoms with van der Waals surface area (Å²) in [7, 11) is 0. The third kappa shape index (κ3) is 3.29. The van der Waals surface area contributed by atoms with E-state index in [4.69, 9.17) is 4.42 Å². The Morgan fingerprint density at radius 2 is 2.14 bits per heavy atom. The summed E-state index contributed by atoms with van der Waals surface area (Å²) in [5.74, 6) is 2.69. The van der Waals surface area contributed by atoms with E-state index < -0.39 is 0 Å². The molecule has 0 bridgehead atoms. The number of rotatable bonds is 5. The number of nitrogens with one attached hydrogen (secondary N) is 1. The van der Waals surface area contributed by atoms with Crippen LogP contribution in [-0.2, 0) is 5.75 Å². The second kappa shape index (κ2) is 7.56. The van der Waals surface area contributed by atoms with Gasteiger partial charge in [-0.15, -0.1) is 21.5 Å². The Balaban J connectivity index is 1.46. The molecule has 1 N–H and O–H groups in total. The molecule has 0 unspecified atom stereocenters. The minimum Gasteiger partial charge on any atom is -0.461 e. The largest absolute Gasteiger partial charge is 0.461 e. The van der Waals surface area contributed by atoms with E-state index in [0.29, 0.717) is 22.3 Å². The first-order valence-electron chi connectivity index (χ1n) is 9.37. The van der Waals surface area contributed by atoms with Crippen LogP contribution in [0.3, 0.4) is 0 Å². The standard InChI is InChI=1S/C19H19N5O2S2/c25-18-16-13(8-10-27-16)20-15(21-18)11-28-19-23-22-17(14-7-4-9-26-14)24(19)12-5-2-1-3-6-12/h4,7-10,12H,1-3,5-6,11H2,(H,20,21,25). The number of hydrogen-bond acceptors (Lipinski definition) is 7. The van der Waals surface area contributed by atoms with Crippen molar-refractivity contribution in [1.82, 2.24) is 24.7 Å². The van der Waals surface area contributed by atoms with Crippen molar-refractivity contribution in [3.8, 4) is 11.6 Å². The van der Waals surface area contributed by atoms with E-state index >= 15 is 0 Å². The van der Waals surface area contributed by atoms with Crippen molar-refractivity contribution in [2.45, 2.75) is 49.1 Å². The van der Waals surface area contributed by atoms with E-state index in [1.54, 1.807) is 18.0 Å². The normalized spacial score (nSPS) is 15.4. The Hall–Kier alpha value is -2.39. The molecule has 1 aliphatic carbocycles. The molecule has 0 aromatic carbocycles. The van der Waals surface area contributed by atoms with Gasteiger partial charge in [0.1, 0.15) is 10.5 Å². The van der Waals surface area contributed by atoms with Crippen molar-refractivity contribution < 1.29 is 4.42 Å². The van der Waals surface area contributed by atoms with E-state index in [2.05, 4.69) is 24.7 Å². The lowest BCUT2D eigenvalue weighted by molar-refractivity contribution is 0.337. The van der Waals surface area contributed by atoms with Gasteiger partial charge in [-0.05, 0) is 36.4 Å². The first-order chi connectivity index (χ1) is 13.8. The van der Waals surface area contributed by atoms with Crippen LogP contribution in [0, 0.1) is 0 Å². The summed E-state index contributed by atoms with van der Waals surface area (Å²) in [5.41, 5.74) is 0.662. The molecular formula is C19H19N5O2S2. The number of fused-ring (bicyclic) bond motifs is 1. The molecule has 0 aliphatic heterocycles. The van der Waals surface area contributed by atoms with Crippen LogP contribution >= 0.6 is 23.1 Å². The predicted molar refractivity (Wildman–Crippen MR) is 110 cm³/mol. The third-order valence-electron chi connectivity index (χ3n) is 5.05. The highest BCUT2D eigenvalue weighted by Crippen LogP contribution is 2.36. The zero-order chi connectivity index (χ0) is 18.9. The van der Waals surface area contributed by atoms with Crippen LogP contribution in [0.1, 0.15) is 44.0 Å². The maximum Gasteiger partial charge on any atom is 0.268 e. The van der Waals surface area contributed by atoms with E-state index in [1.165, 1.54) is 30.6 Å². The van der Waals surface area contributed by atoms with E-state index in [-0.39, 0.29) is 5.56 Å². The quantitative estimate of drug-likeness (QED) is 0.480. The van der Waals surface area contributed by atoms with Gasteiger partial charge in [0.05, 0.1) is 17.5 Å².